The van der Waals surface area contributed by atoms with Crippen LogP contribution in [0.15, 0.2) is 72.5 Å². The Bertz CT molecular complexity index is 535. The van der Waals surface area contributed by atoms with E-state index in [9.17, 15) is 0 Å². The lowest BCUT2D eigenvalue weighted by Gasteiger charge is -2.10. The molecule has 0 amide bonds. The first-order chi connectivity index (χ1) is 9.06. The molecule has 0 spiro atoms. The first kappa shape index (κ1) is 13.4. The van der Waals surface area contributed by atoms with E-state index in [0.717, 1.165) is 5.57 Å². The lowest BCUT2D eigenvalue weighted by Crippen LogP contribution is -1.97. The third-order valence-corrected chi connectivity index (χ3v) is 2.77. The summed E-state index contributed by atoms with van der Waals surface area (Å²) in [7, 11) is 0. The van der Waals surface area contributed by atoms with Gasteiger partial charge in [0.1, 0.15) is 0 Å². The summed E-state index contributed by atoms with van der Waals surface area (Å²) in [6, 6.07) is 20.9. The molecule has 0 aliphatic rings. The average Bonchev–Trinajstić information content (AvgIpc) is 2.40. The molecule has 0 saturated heterocycles. The van der Waals surface area contributed by atoms with Gasteiger partial charge in [-0.3, -0.25) is 0 Å². The van der Waals surface area contributed by atoms with Crippen LogP contribution in [0.3, 0.4) is 0 Å². The third-order valence-electron chi connectivity index (χ3n) is 2.77. The van der Waals surface area contributed by atoms with E-state index in [1.54, 1.807) is 0 Å². The van der Waals surface area contributed by atoms with E-state index in [-0.39, 0.29) is 5.41 Å². The largest absolute Gasteiger partial charge is 0.115 e. The van der Waals surface area contributed by atoms with Crippen LogP contribution < -0.4 is 0 Å². The average molecular weight is 248 g/mol. The lowest BCUT2D eigenvalue weighted by atomic mass is 9.94. The number of hydrogen-bond acceptors (Lipinski definition) is 0. The van der Waals surface area contributed by atoms with Crippen LogP contribution in [-0.4, -0.2) is 0 Å². The number of hydrogen-bond donors (Lipinski definition) is 0. The first-order valence-corrected chi connectivity index (χ1v) is 6.65. The quantitative estimate of drug-likeness (QED) is 0.631. The number of benzene rings is 2. The molecule has 0 nitrogen and oxygen atoms in total. The molecule has 2 rings (SSSR count). The minimum Gasteiger partial charge on any atom is -0.115 e. The van der Waals surface area contributed by atoms with E-state index in [0.29, 0.717) is 0 Å². The zero-order valence-corrected chi connectivity index (χ0v) is 11.9. The Hall–Kier alpha value is -2.04. The molecule has 0 saturated carbocycles. The number of rotatable bonds is 2. The van der Waals surface area contributed by atoms with Gasteiger partial charge in [-0.1, -0.05) is 81.4 Å². The zero-order valence-electron chi connectivity index (χ0n) is 11.9. The summed E-state index contributed by atoms with van der Waals surface area (Å²) in [4.78, 5) is 0. The minimum atomic E-state index is 0.134. The van der Waals surface area contributed by atoms with Crippen molar-refractivity contribution in [2.75, 3.05) is 0 Å². The fourth-order valence-electron chi connectivity index (χ4n) is 1.83. The summed E-state index contributed by atoms with van der Waals surface area (Å²) >= 11 is 0. The van der Waals surface area contributed by atoms with Crippen molar-refractivity contribution in [2.24, 2.45) is 5.41 Å². The molecule has 2 aromatic carbocycles. The maximum Gasteiger partial charge on any atom is 0.0306 e. The van der Waals surface area contributed by atoms with E-state index < -0.39 is 0 Å². The molecular weight excluding hydrogens is 228 g/mol. The first-order valence-electron chi connectivity index (χ1n) is 6.65. The van der Waals surface area contributed by atoms with Gasteiger partial charge >= 0.3 is 0 Å². The third kappa shape index (κ3) is 3.98. The molecule has 0 bridgehead atoms. The predicted octanol–water partition coefficient (Wildman–Crippen LogP) is 5.32. The molecule has 19 heavy (non-hydrogen) atoms. The predicted molar refractivity (Wildman–Crippen MR) is 82.9 cm³/mol. The highest BCUT2D eigenvalue weighted by molar-refractivity contribution is 5.79. The van der Waals surface area contributed by atoms with Gasteiger partial charge in [0.2, 0.25) is 0 Å². The summed E-state index contributed by atoms with van der Waals surface area (Å²) < 4.78 is 0. The second kappa shape index (κ2) is 5.73. The van der Waals surface area contributed by atoms with Crippen molar-refractivity contribution in [3.63, 3.8) is 0 Å². The van der Waals surface area contributed by atoms with E-state index >= 15 is 0 Å². The zero-order chi connectivity index (χ0) is 13.7. The molecule has 0 unspecified atom stereocenters. The smallest absolute Gasteiger partial charge is 0.0306 e. The van der Waals surface area contributed by atoms with Gasteiger partial charge in [0.05, 0.1) is 0 Å². The second-order valence-electron chi connectivity index (χ2n) is 5.76. The van der Waals surface area contributed by atoms with Gasteiger partial charge in [0, 0.05) is 5.57 Å². The molecule has 0 fully saturated rings. The van der Waals surface area contributed by atoms with Crippen molar-refractivity contribution in [1.82, 2.24) is 0 Å². The fraction of sp³-hybridized carbons (Fsp3) is 0.211. The van der Waals surface area contributed by atoms with Gasteiger partial charge in [-0.25, -0.2) is 0 Å². The van der Waals surface area contributed by atoms with Crippen LogP contribution in [0.25, 0.3) is 5.57 Å². The summed E-state index contributed by atoms with van der Waals surface area (Å²) in [5, 5.41) is 0. The Balaban J connectivity index is 2.56. The minimum absolute atomic E-state index is 0.134. The topological polar surface area (TPSA) is 0 Å². The molecule has 0 aliphatic heterocycles. The van der Waals surface area contributed by atoms with Crippen LogP contribution in [0.1, 0.15) is 31.9 Å². The molecule has 0 aliphatic carbocycles. The van der Waals surface area contributed by atoms with Crippen molar-refractivity contribution in [1.29, 1.82) is 0 Å². The molecule has 0 aromatic heterocycles. The fourth-order valence-corrected chi connectivity index (χ4v) is 1.83. The Morgan fingerprint density at radius 1 is 0.789 bits per heavy atom. The molecular formula is C19H20. The summed E-state index contributed by atoms with van der Waals surface area (Å²) in [5.41, 5.74) is 7.17. The highest BCUT2D eigenvalue weighted by atomic mass is 14.1. The number of allylic oxidation sites excluding steroid dienone is 1. The Kier molecular flexibility index (Phi) is 4.04. The van der Waals surface area contributed by atoms with Crippen LogP contribution in [-0.2, 0) is 0 Å². The Morgan fingerprint density at radius 2 is 1.21 bits per heavy atom. The summed E-state index contributed by atoms with van der Waals surface area (Å²) in [6.07, 6.45) is 2.14. The van der Waals surface area contributed by atoms with Crippen molar-refractivity contribution in [3.05, 3.63) is 83.6 Å². The van der Waals surface area contributed by atoms with Crippen LogP contribution in [0, 0.1) is 5.41 Å². The van der Waals surface area contributed by atoms with E-state index in [1.807, 2.05) is 12.1 Å². The van der Waals surface area contributed by atoms with Gasteiger partial charge in [-0.05, 0) is 22.6 Å². The maximum atomic E-state index is 3.48. The highest BCUT2D eigenvalue weighted by Crippen LogP contribution is 2.23. The van der Waals surface area contributed by atoms with E-state index in [4.69, 9.17) is 0 Å². The normalized spacial score (nSPS) is 10.7. The lowest BCUT2D eigenvalue weighted by molar-refractivity contribution is 0.545. The summed E-state index contributed by atoms with van der Waals surface area (Å²) in [6.45, 7) is 6.56. The molecule has 2 aromatic rings. The maximum absolute atomic E-state index is 3.48. The van der Waals surface area contributed by atoms with Crippen LogP contribution in [0.4, 0.5) is 0 Å². The van der Waals surface area contributed by atoms with Gasteiger partial charge in [0.25, 0.3) is 0 Å². The van der Waals surface area contributed by atoms with Gasteiger partial charge in [-0.15, -0.1) is 5.73 Å². The monoisotopic (exact) mass is 248 g/mol. The van der Waals surface area contributed by atoms with Gasteiger partial charge < -0.3 is 0 Å². The Morgan fingerprint density at radius 3 is 1.58 bits per heavy atom. The van der Waals surface area contributed by atoms with E-state index in [2.05, 4.69) is 81.1 Å². The molecule has 0 atom stereocenters. The van der Waals surface area contributed by atoms with Crippen molar-refractivity contribution in [2.45, 2.75) is 20.8 Å². The van der Waals surface area contributed by atoms with Crippen molar-refractivity contribution < 1.29 is 0 Å². The Labute approximate surface area is 116 Å². The van der Waals surface area contributed by atoms with Crippen LogP contribution in [0.2, 0.25) is 0 Å². The van der Waals surface area contributed by atoms with Crippen LogP contribution in [0.5, 0.6) is 0 Å². The highest BCUT2D eigenvalue weighted by Gasteiger charge is 2.06. The van der Waals surface area contributed by atoms with Crippen molar-refractivity contribution >= 4 is 5.57 Å². The van der Waals surface area contributed by atoms with Gasteiger partial charge in [-0.2, -0.15) is 0 Å². The molecule has 0 N–H and O–H groups in total. The molecule has 0 heteroatoms. The molecule has 0 heterocycles. The van der Waals surface area contributed by atoms with Gasteiger partial charge in [0.15, 0.2) is 0 Å². The van der Waals surface area contributed by atoms with Crippen molar-refractivity contribution in [3.8, 4) is 0 Å². The van der Waals surface area contributed by atoms with E-state index in [1.165, 1.54) is 11.1 Å². The summed E-state index contributed by atoms with van der Waals surface area (Å²) in [5.74, 6) is 0. The molecule has 0 radical (unpaired) electrons. The SMILES string of the molecule is CC(C)(C)C=C=C(c1ccccc1)c1ccccc1. The second-order valence-corrected chi connectivity index (χ2v) is 5.76. The van der Waals surface area contributed by atoms with Crippen LogP contribution >= 0.6 is 0 Å². The molecule has 96 valence electrons. The standard InChI is InChI=1S/C19H20/c1-19(2,3)15-14-18(16-10-6-4-7-11-16)17-12-8-5-9-13-17/h4-13,15H,1-3H3.